The van der Waals surface area contributed by atoms with Gasteiger partial charge < -0.3 is 13.4 Å². The van der Waals surface area contributed by atoms with Crippen molar-refractivity contribution in [2.45, 2.75) is 0 Å². The van der Waals surface area contributed by atoms with Crippen LogP contribution in [0.25, 0.3) is 192 Å². The van der Waals surface area contributed by atoms with Crippen molar-refractivity contribution in [3.8, 4) is 68.2 Å². The summed E-state index contributed by atoms with van der Waals surface area (Å²) < 4.78 is 22.6. The highest BCUT2D eigenvalue weighted by Gasteiger charge is 2.33. The monoisotopic (exact) mass is 1190 g/mol. The largest absolute Gasteiger partial charge is 0.456 e. The van der Waals surface area contributed by atoms with E-state index in [4.69, 9.17) is 18.8 Å². The van der Waals surface area contributed by atoms with Gasteiger partial charge in [-0.15, -0.1) is 11.3 Å². The number of hydrogen-bond acceptors (Lipinski definition) is 6. The van der Waals surface area contributed by atoms with Gasteiger partial charge in [0, 0.05) is 102 Å². The van der Waals surface area contributed by atoms with Gasteiger partial charge in [-0.25, -0.2) is 9.97 Å². The molecule has 92 heavy (non-hydrogen) atoms. The lowest BCUT2D eigenvalue weighted by Crippen LogP contribution is -2.11. The smallest absolute Gasteiger partial charge is 0.165 e. The van der Waals surface area contributed by atoms with E-state index in [1.807, 2.05) is 24.3 Å². The van der Waals surface area contributed by atoms with Gasteiger partial charge in [0.2, 0.25) is 0 Å². The lowest BCUT2D eigenvalue weighted by molar-refractivity contribution is 0.669. The Hall–Kier alpha value is -12.4. The van der Waals surface area contributed by atoms with Crippen LogP contribution in [0.4, 0.5) is 0 Å². The lowest BCUT2D eigenvalue weighted by Gasteiger charge is -2.26. The summed E-state index contributed by atoms with van der Waals surface area (Å²) in [5.74, 6) is 1.61. The molecule has 426 valence electrons. The summed E-state index contributed by atoms with van der Waals surface area (Å²) in [5, 5.41) is 25.9. The fraction of sp³-hybridized carbons (Fsp3) is 0. The number of nitriles is 1. The van der Waals surface area contributed by atoms with Crippen LogP contribution in [0.1, 0.15) is 5.56 Å². The van der Waals surface area contributed by atoms with Crippen molar-refractivity contribution in [1.29, 1.82) is 5.26 Å². The maximum atomic E-state index is 12.9. The van der Waals surface area contributed by atoms with Crippen LogP contribution in [0, 0.1) is 11.3 Å². The van der Waals surface area contributed by atoms with Crippen molar-refractivity contribution < 1.29 is 8.83 Å². The molecule has 0 saturated heterocycles. The normalized spacial score (nSPS) is 12.1. The lowest BCUT2D eigenvalue weighted by atomic mass is 9.80. The Balaban J connectivity index is 1.01. The minimum absolute atomic E-state index is 0.375. The number of rotatable bonds is 7. The van der Waals surface area contributed by atoms with Crippen molar-refractivity contribution in [2.75, 3.05) is 0 Å². The quantitative estimate of drug-likeness (QED) is 0.159. The molecular weight excluding hydrogens is 1150 g/mol. The van der Waals surface area contributed by atoms with E-state index in [1.54, 1.807) is 11.3 Å². The number of fused-ring (bicyclic) bond motifs is 20. The van der Waals surface area contributed by atoms with Gasteiger partial charge in [0.1, 0.15) is 40.0 Å². The van der Waals surface area contributed by atoms with E-state index in [-0.39, 0.29) is 0 Å². The highest BCUT2D eigenvalue weighted by atomic mass is 32.1. The van der Waals surface area contributed by atoms with Crippen molar-refractivity contribution in [2.24, 2.45) is 0 Å². The zero-order valence-electron chi connectivity index (χ0n) is 49.0. The fourth-order valence-electron chi connectivity index (χ4n) is 15.2. The van der Waals surface area contributed by atoms with Crippen LogP contribution in [0.15, 0.2) is 288 Å². The van der Waals surface area contributed by atoms with Crippen molar-refractivity contribution in [1.82, 2.24) is 23.7 Å². The fourth-order valence-corrected chi connectivity index (χ4v) is 16.3. The SMILES string of the molecule is N#Cc1c(-c2nc(-n3c4ccccc4c4c5c(ccc43)oc3ccccc35)cc(-n3c4ccccc4c4c5c(ccc43)oc3ccccc35)n2)c(-c2ccccc2)c(-c2ccccc2)c(-c2ccccc2)c1-n1c2ccccc2c2cc3c(cc21)sc1ccccc13. The Morgan fingerprint density at radius 2 is 0.750 bits per heavy atom. The third-order valence-electron chi connectivity index (χ3n) is 18.9. The van der Waals surface area contributed by atoms with Crippen LogP contribution in [-0.2, 0) is 0 Å². The average molecular weight is 1190 g/mol. The number of aromatic nitrogens is 5. The molecule has 0 bridgehead atoms. The number of furan rings is 2. The van der Waals surface area contributed by atoms with E-state index >= 15 is 0 Å². The molecule has 20 rings (SSSR count). The van der Waals surface area contributed by atoms with E-state index in [1.165, 1.54) is 15.5 Å². The van der Waals surface area contributed by atoms with Gasteiger partial charge in [-0.3, -0.25) is 9.13 Å². The molecule has 0 aliphatic heterocycles. The Kier molecular flexibility index (Phi) is 10.6. The molecule has 7 heterocycles. The van der Waals surface area contributed by atoms with E-state index in [0.29, 0.717) is 28.6 Å². The molecule has 7 aromatic heterocycles. The molecule has 0 unspecified atom stereocenters. The second kappa shape index (κ2) is 19.3. The van der Waals surface area contributed by atoms with Crippen LogP contribution < -0.4 is 0 Å². The minimum atomic E-state index is 0.375. The Bertz CT molecular complexity index is 6370. The molecule has 20 aromatic rings. The predicted molar refractivity (Wildman–Crippen MR) is 379 cm³/mol. The number of thiophene rings is 1. The standard InChI is InChI=1S/C83H46N6O2S/c84-47-59-81(75(49-24-6-2-7-25-49)74(48-22-4-1-5-23-48)76(50-26-8-3-9-27-50)82(59)89-60-34-16-10-28-51(60)57-44-58-52-29-15-21-39-70(52)92-71(58)45-65(57)89)83-85-72(87-61-35-17-11-30-53(61)77-63(87)40-42-68-79(77)55-32-13-19-37-66(55)90-68)46-73(86-83)88-62-36-18-12-31-54(62)78-64(88)41-43-69-80(78)56-33-14-20-38-67(56)91-69/h1-46H. The molecule has 0 atom stereocenters. The van der Waals surface area contributed by atoms with Crippen molar-refractivity contribution in [3.63, 3.8) is 0 Å². The zero-order chi connectivity index (χ0) is 60.3. The summed E-state index contributed by atoms with van der Waals surface area (Å²) in [7, 11) is 0. The first kappa shape index (κ1) is 50.6. The van der Waals surface area contributed by atoms with Gasteiger partial charge in [0.05, 0.1) is 44.4 Å². The molecule has 8 nitrogen and oxygen atoms in total. The van der Waals surface area contributed by atoms with Gasteiger partial charge in [-0.1, -0.05) is 200 Å². The summed E-state index contributed by atoms with van der Waals surface area (Å²) in [6.07, 6.45) is 0. The molecule has 0 N–H and O–H groups in total. The molecule has 13 aromatic carbocycles. The first-order chi connectivity index (χ1) is 45.6. The molecule has 0 aliphatic carbocycles. The molecule has 0 aliphatic rings. The second-order valence-corrected chi connectivity index (χ2v) is 24.8. The number of para-hydroxylation sites is 5. The highest BCUT2D eigenvalue weighted by molar-refractivity contribution is 7.25. The highest BCUT2D eigenvalue weighted by Crippen LogP contribution is 2.54. The summed E-state index contributed by atoms with van der Waals surface area (Å²) in [4.78, 5) is 12.0. The molecule has 0 saturated carbocycles. The van der Waals surface area contributed by atoms with Crippen LogP contribution >= 0.6 is 11.3 Å². The first-order valence-corrected chi connectivity index (χ1v) is 31.7. The third-order valence-corrected chi connectivity index (χ3v) is 20.0. The minimum Gasteiger partial charge on any atom is -0.456 e. The maximum absolute atomic E-state index is 12.9. The maximum Gasteiger partial charge on any atom is 0.165 e. The van der Waals surface area contributed by atoms with Crippen LogP contribution in [-0.4, -0.2) is 23.7 Å². The molecular formula is C83H46N6O2S. The van der Waals surface area contributed by atoms with Gasteiger partial charge >= 0.3 is 0 Å². The Morgan fingerprint density at radius 3 is 1.29 bits per heavy atom. The Morgan fingerprint density at radius 1 is 0.304 bits per heavy atom. The zero-order valence-corrected chi connectivity index (χ0v) is 49.8. The van der Waals surface area contributed by atoms with Crippen LogP contribution in [0.3, 0.4) is 0 Å². The van der Waals surface area contributed by atoms with Crippen molar-refractivity contribution >= 4 is 141 Å². The van der Waals surface area contributed by atoms with Crippen LogP contribution in [0.2, 0.25) is 0 Å². The number of hydrogen-bond donors (Lipinski definition) is 0. The molecule has 0 spiro atoms. The summed E-state index contributed by atoms with van der Waals surface area (Å²) >= 11 is 1.79. The third kappa shape index (κ3) is 7.09. The summed E-state index contributed by atoms with van der Waals surface area (Å²) in [6.45, 7) is 0. The topological polar surface area (TPSA) is 90.6 Å². The van der Waals surface area contributed by atoms with E-state index in [0.717, 1.165) is 153 Å². The Labute approximate surface area is 528 Å². The van der Waals surface area contributed by atoms with E-state index < -0.39 is 0 Å². The molecule has 9 heteroatoms. The van der Waals surface area contributed by atoms with Gasteiger partial charge in [-0.05, 0) is 89.5 Å². The summed E-state index contributed by atoms with van der Waals surface area (Å²) in [5.41, 5.74) is 16.3. The van der Waals surface area contributed by atoms with Crippen molar-refractivity contribution in [3.05, 3.63) is 285 Å². The predicted octanol–water partition coefficient (Wildman–Crippen LogP) is 22.5. The van der Waals surface area contributed by atoms with E-state index in [9.17, 15) is 5.26 Å². The molecule has 0 amide bonds. The van der Waals surface area contributed by atoms with Gasteiger partial charge in [-0.2, -0.15) is 5.26 Å². The summed E-state index contributed by atoms with van der Waals surface area (Å²) in [6, 6.07) is 101. The number of benzene rings is 13. The molecule has 0 fully saturated rings. The van der Waals surface area contributed by atoms with Crippen LogP contribution in [0.5, 0.6) is 0 Å². The first-order valence-electron chi connectivity index (χ1n) is 30.9. The van der Waals surface area contributed by atoms with Gasteiger partial charge in [0.25, 0.3) is 0 Å². The average Bonchev–Trinajstić information content (AvgIpc) is 1.46. The number of nitrogens with zero attached hydrogens (tertiary/aromatic N) is 6. The van der Waals surface area contributed by atoms with Gasteiger partial charge in [0.15, 0.2) is 5.82 Å². The van der Waals surface area contributed by atoms with E-state index in [2.05, 4.69) is 275 Å². The molecule has 0 radical (unpaired) electrons. The second-order valence-electron chi connectivity index (χ2n) is 23.7.